The van der Waals surface area contributed by atoms with E-state index < -0.39 is 11.7 Å². The van der Waals surface area contributed by atoms with Gasteiger partial charge in [0.05, 0.1) is 6.54 Å². The summed E-state index contributed by atoms with van der Waals surface area (Å²) in [7, 11) is 2.00. The lowest BCUT2D eigenvalue weighted by molar-refractivity contribution is 0.0522. The Morgan fingerprint density at radius 2 is 2.14 bits per heavy atom. The first kappa shape index (κ1) is 18.5. The van der Waals surface area contributed by atoms with E-state index in [9.17, 15) is 4.79 Å². The lowest BCUT2D eigenvalue weighted by Gasteiger charge is -2.26. The molecule has 1 amide bonds. The van der Waals surface area contributed by atoms with Crippen molar-refractivity contribution in [2.75, 3.05) is 20.1 Å². The van der Waals surface area contributed by atoms with Gasteiger partial charge in [-0.1, -0.05) is 0 Å². The molecule has 0 saturated heterocycles. The Morgan fingerprint density at radius 3 is 2.64 bits per heavy atom. The van der Waals surface area contributed by atoms with Gasteiger partial charge in [0.2, 0.25) is 0 Å². The van der Waals surface area contributed by atoms with E-state index in [1.165, 1.54) is 0 Å². The molecule has 0 radical (unpaired) electrons. The largest absolute Gasteiger partial charge is 0.465 e. The third-order valence-electron chi connectivity index (χ3n) is 3.24. The molecule has 1 heterocycles. The first-order chi connectivity index (χ1) is 10.2. The van der Waals surface area contributed by atoms with Crippen molar-refractivity contribution < 1.29 is 13.9 Å². The van der Waals surface area contributed by atoms with Crippen LogP contribution in [-0.4, -0.2) is 42.8 Å². The number of hydrogen-bond acceptors (Lipinski definition) is 5. The highest BCUT2D eigenvalue weighted by atomic mass is 16.6. The van der Waals surface area contributed by atoms with Gasteiger partial charge in [0.25, 0.3) is 0 Å². The van der Waals surface area contributed by atoms with Crippen molar-refractivity contribution in [3.63, 3.8) is 0 Å². The Morgan fingerprint density at radius 1 is 1.45 bits per heavy atom. The molecule has 0 aliphatic heterocycles. The number of likely N-dealkylation sites (N-methyl/N-ethyl adjacent to an activating group) is 1. The fourth-order valence-corrected chi connectivity index (χ4v) is 2.12. The molecule has 0 fully saturated rings. The van der Waals surface area contributed by atoms with Crippen LogP contribution in [-0.2, 0) is 11.3 Å². The van der Waals surface area contributed by atoms with Crippen LogP contribution in [0.25, 0.3) is 0 Å². The fraction of sp³-hybridized carbons (Fsp3) is 0.688. The van der Waals surface area contributed by atoms with Crippen LogP contribution in [0.5, 0.6) is 0 Å². The molecule has 22 heavy (non-hydrogen) atoms. The molecule has 0 aliphatic carbocycles. The maximum Gasteiger partial charge on any atom is 0.407 e. The highest BCUT2D eigenvalue weighted by molar-refractivity contribution is 5.67. The average molecular weight is 311 g/mol. The number of nitrogens with one attached hydrogen (secondary N) is 1. The van der Waals surface area contributed by atoms with E-state index in [1.54, 1.807) is 0 Å². The molecule has 1 aromatic heterocycles. The second-order valence-corrected chi connectivity index (χ2v) is 6.53. The summed E-state index contributed by atoms with van der Waals surface area (Å²) in [5.74, 6) is 1.82. The molecule has 3 N–H and O–H groups in total. The van der Waals surface area contributed by atoms with Gasteiger partial charge >= 0.3 is 6.09 Å². The minimum absolute atomic E-state index is 0.167. The monoisotopic (exact) mass is 311 g/mol. The Hall–Kier alpha value is -1.53. The zero-order valence-electron chi connectivity index (χ0n) is 14.3. The van der Waals surface area contributed by atoms with Crippen molar-refractivity contribution in [2.24, 2.45) is 5.73 Å². The number of furan rings is 1. The maximum atomic E-state index is 11.6. The average Bonchev–Trinajstić information content (AvgIpc) is 2.77. The van der Waals surface area contributed by atoms with E-state index >= 15 is 0 Å². The van der Waals surface area contributed by atoms with Gasteiger partial charge in [0, 0.05) is 19.1 Å². The van der Waals surface area contributed by atoms with Gasteiger partial charge in [0.15, 0.2) is 0 Å². The second-order valence-electron chi connectivity index (χ2n) is 6.53. The highest BCUT2D eigenvalue weighted by Crippen LogP contribution is 2.11. The molecular weight excluding hydrogens is 282 g/mol. The molecule has 0 aromatic carbocycles. The predicted molar refractivity (Wildman–Crippen MR) is 86.6 cm³/mol. The SMILES string of the molecule is Cc1ccc(CN(C)C(CN)CCNC(=O)OC(C)(C)C)o1. The van der Waals surface area contributed by atoms with Crippen molar-refractivity contribution >= 4 is 6.09 Å². The third-order valence-corrected chi connectivity index (χ3v) is 3.24. The summed E-state index contributed by atoms with van der Waals surface area (Å²) in [6.45, 7) is 9.19. The fourth-order valence-electron chi connectivity index (χ4n) is 2.12. The van der Waals surface area contributed by atoms with Crippen LogP contribution in [0.15, 0.2) is 16.5 Å². The number of nitrogens with two attached hydrogens (primary N) is 1. The predicted octanol–water partition coefficient (Wildman–Crippen LogP) is 2.26. The summed E-state index contributed by atoms with van der Waals surface area (Å²) in [5, 5.41) is 2.76. The van der Waals surface area contributed by atoms with Gasteiger partial charge in [-0.2, -0.15) is 0 Å². The minimum Gasteiger partial charge on any atom is -0.465 e. The van der Waals surface area contributed by atoms with Crippen LogP contribution in [0.1, 0.15) is 38.7 Å². The molecule has 1 unspecified atom stereocenters. The van der Waals surface area contributed by atoms with E-state index in [4.69, 9.17) is 14.9 Å². The number of amides is 1. The molecule has 6 nitrogen and oxygen atoms in total. The summed E-state index contributed by atoms with van der Waals surface area (Å²) in [6.07, 6.45) is 0.360. The van der Waals surface area contributed by atoms with Crippen molar-refractivity contribution in [1.29, 1.82) is 0 Å². The molecule has 0 spiro atoms. The second kappa shape index (κ2) is 8.19. The summed E-state index contributed by atoms with van der Waals surface area (Å²) in [6, 6.07) is 4.09. The Balaban J connectivity index is 2.36. The zero-order chi connectivity index (χ0) is 16.8. The van der Waals surface area contributed by atoms with E-state index in [0.717, 1.165) is 17.9 Å². The van der Waals surface area contributed by atoms with Crippen LogP contribution in [0.2, 0.25) is 0 Å². The lowest BCUT2D eigenvalue weighted by Crippen LogP contribution is -2.41. The Labute approximate surface area is 133 Å². The Bertz CT molecular complexity index is 465. The first-order valence-electron chi connectivity index (χ1n) is 7.63. The van der Waals surface area contributed by atoms with Gasteiger partial charge in [-0.3, -0.25) is 4.90 Å². The lowest BCUT2D eigenvalue weighted by atomic mass is 10.1. The van der Waals surface area contributed by atoms with Crippen molar-refractivity contribution in [3.05, 3.63) is 23.7 Å². The van der Waals surface area contributed by atoms with Gasteiger partial charge in [0.1, 0.15) is 17.1 Å². The molecule has 1 aromatic rings. The topological polar surface area (TPSA) is 80.7 Å². The van der Waals surface area contributed by atoms with Crippen molar-refractivity contribution in [1.82, 2.24) is 10.2 Å². The van der Waals surface area contributed by atoms with Gasteiger partial charge in [-0.25, -0.2) is 4.79 Å². The number of nitrogens with zero attached hydrogens (tertiary/aromatic N) is 1. The summed E-state index contributed by atoms with van der Waals surface area (Å²) in [5.41, 5.74) is 5.35. The highest BCUT2D eigenvalue weighted by Gasteiger charge is 2.18. The minimum atomic E-state index is -0.481. The van der Waals surface area contributed by atoms with Crippen molar-refractivity contribution in [3.8, 4) is 0 Å². The van der Waals surface area contributed by atoms with E-state index in [1.807, 2.05) is 46.9 Å². The number of aryl methyl sites for hydroxylation is 1. The van der Waals surface area contributed by atoms with Gasteiger partial charge in [-0.05, 0) is 53.3 Å². The quantitative estimate of drug-likeness (QED) is 0.807. The Kier molecular flexibility index (Phi) is 6.90. The number of hydrogen-bond donors (Lipinski definition) is 2. The molecule has 126 valence electrons. The van der Waals surface area contributed by atoms with Crippen LogP contribution in [0.4, 0.5) is 4.79 Å². The molecular formula is C16H29N3O3. The number of ether oxygens (including phenoxy) is 1. The number of rotatable bonds is 7. The van der Waals surface area contributed by atoms with E-state index in [2.05, 4.69) is 10.2 Å². The smallest absolute Gasteiger partial charge is 0.407 e. The molecule has 0 aliphatic rings. The van der Waals surface area contributed by atoms with Crippen LogP contribution >= 0.6 is 0 Å². The molecule has 1 atom stereocenters. The third kappa shape index (κ3) is 6.95. The standard InChI is InChI=1S/C16H29N3O3/c1-12-6-7-14(21-12)11-19(5)13(10-17)8-9-18-15(20)22-16(2,3)4/h6-7,13H,8-11,17H2,1-5H3,(H,18,20). The number of carbonyl (C=O) groups excluding carboxylic acids is 1. The van der Waals surface area contributed by atoms with Crippen LogP contribution < -0.4 is 11.1 Å². The summed E-state index contributed by atoms with van der Waals surface area (Å²) in [4.78, 5) is 13.7. The van der Waals surface area contributed by atoms with Crippen LogP contribution in [0.3, 0.4) is 0 Å². The van der Waals surface area contributed by atoms with Gasteiger partial charge < -0.3 is 20.2 Å². The first-order valence-corrected chi connectivity index (χ1v) is 7.63. The van der Waals surface area contributed by atoms with E-state index in [0.29, 0.717) is 19.6 Å². The van der Waals surface area contributed by atoms with Gasteiger partial charge in [-0.15, -0.1) is 0 Å². The summed E-state index contributed by atoms with van der Waals surface area (Å²) >= 11 is 0. The van der Waals surface area contributed by atoms with Crippen molar-refractivity contribution in [2.45, 2.75) is 52.3 Å². The maximum absolute atomic E-state index is 11.6. The molecule has 1 rings (SSSR count). The number of carbonyl (C=O) groups is 1. The zero-order valence-corrected chi connectivity index (χ0v) is 14.3. The van der Waals surface area contributed by atoms with Crippen LogP contribution in [0, 0.1) is 6.92 Å². The molecule has 0 bridgehead atoms. The normalized spacial score (nSPS) is 13.2. The molecule has 6 heteroatoms. The summed E-state index contributed by atoms with van der Waals surface area (Å²) < 4.78 is 10.8. The number of alkyl carbamates (subject to hydrolysis) is 1. The van der Waals surface area contributed by atoms with E-state index in [-0.39, 0.29) is 6.04 Å². The molecule has 0 saturated carbocycles.